The van der Waals surface area contributed by atoms with E-state index in [1.807, 2.05) is 0 Å². The summed E-state index contributed by atoms with van der Waals surface area (Å²) in [5.41, 5.74) is 13.7. The van der Waals surface area contributed by atoms with E-state index in [0.717, 1.165) is 4.57 Å². The molecule has 1 aliphatic rings. The molecule has 0 radical (unpaired) electrons. The molecule has 24 heteroatoms. The van der Waals surface area contributed by atoms with E-state index in [-0.39, 0.29) is 23.4 Å². The number of nitrogens with zero attached hydrogens (tertiary/aromatic N) is 5. The molecular formula is C19H25N6O15P3. The number of hydrogen-bond acceptors (Lipinski definition) is 14. The highest BCUT2D eigenvalue weighted by Gasteiger charge is 2.44. The van der Waals surface area contributed by atoms with Gasteiger partial charge in [-0.1, -0.05) is 12.0 Å². The molecule has 1 aromatic heterocycles. The Morgan fingerprint density at radius 2 is 1.93 bits per heavy atom. The van der Waals surface area contributed by atoms with Crippen LogP contribution >= 0.6 is 23.5 Å². The summed E-state index contributed by atoms with van der Waals surface area (Å²) >= 11 is 0. The Hall–Kier alpha value is -3.15. The molecule has 1 aromatic carbocycles. The number of azide groups is 1. The molecule has 0 amide bonds. The minimum atomic E-state index is -5.81. The third-order valence-corrected chi connectivity index (χ3v) is 9.37. The van der Waals surface area contributed by atoms with Crippen LogP contribution in [0.2, 0.25) is 0 Å². The average Bonchev–Trinajstić information content (AvgIpc) is 3.27. The smallest absolute Gasteiger partial charge is 0.490 e. The number of esters is 1. The maximum atomic E-state index is 13.3. The van der Waals surface area contributed by atoms with Gasteiger partial charge in [-0.25, -0.2) is 23.3 Å². The number of aromatic nitrogens is 2. The monoisotopic (exact) mass is 670 g/mol. The number of carbonyl (C=O) groups is 1. The zero-order chi connectivity index (χ0) is 32.2. The van der Waals surface area contributed by atoms with Crippen molar-refractivity contribution in [2.75, 3.05) is 19.5 Å². The second-order valence-corrected chi connectivity index (χ2v) is 13.0. The van der Waals surface area contributed by atoms with Crippen LogP contribution in [0.1, 0.15) is 41.5 Å². The van der Waals surface area contributed by atoms with Gasteiger partial charge in [-0.2, -0.15) is 13.6 Å². The van der Waals surface area contributed by atoms with E-state index in [4.69, 9.17) is 35.3 Å². The number of rotatable bonds is 13. The van der Waals surface area contributed by atoms with E-state index in [1.165, 1.54) is 44.5 Å². The molecule has 43 heavy (non-hydrogen) atoms. The van der Waals surface area contributed by atoms with Gasteiger partial charge in [0, 0.05) is 17.5 Å². The van der Waals surface area contributed by atoms with Crippen molar-refractivity contribution in [2.24, 2.45) is 5.11 Å². The van der Waals surface area contributed by atoms with Crippen LogP contribution in [0.25, 0.3) is 10.4 Å². The molecular weight excluding hydrogens is 645 g/mol. The lowest BCUT2D eigenvalue weighted by atomic mass is 10.0. The molecule has 6 N–H and O–H groups in total. The van der Waals surface area contributed by atoms with Gasteiger partial charge in [-0.05, 0) is 35.4 Å². The first-order valence-electron chi connectivity index (χ1n) is 11.6. The predicted octanol–water partition coefficient (Wildman–Crippen LogP) is 2.06. The lowest BCUT2D eigenvalue weighted by molar-refractivity contribution is -0.0511. The molecule has 2 aromatic rings. The first kappa shape index (κ1) is 34.3. The highest BCUT2D eigenvalue weighted by atomic mass is 31.3. The molecule has 0 saturated carbocycles. The van der Waals surface area contributed by atoms with Crippen LogP contribution < -0.4 is 16.2 Å². The number of nitrogen functional groups attached to an aromatic ring is 1. The highest BCUT2D eigenvalue weighted by molar-refractivity contribution is 7.66. The molecule has 0 bridgehead atoms. The van der Waals surface area contributed by atoms with Crippen LogP contribution in [-0.4, -0.2) is 61.0 Å². The molecule has 0 spiro atoms. The summed E-state index contributed by atoms with van der Waals surface area (Å²) in [6.07, 6.45) is -2.98. The lowest BCUT2D eigenvalue weighted by Gasteiger charge is -2.22. The number of ether oxygens (including phenoxy) is 3. The van der Waals surface area contributed by atoms with Crippen molar-refractivity contribution in [1.82, 2.24) is 9.55 Å². The molecule has 236 valence electrons. The second-order valence-electron chi connectivity index (χ2n) is 8.57. The molecule has 3 rings (SSSR count). The number of nitrogens with two attached hydrogens (primary N) is 1. The van der Waals surface area contributed by atoms with Gasteiger partial charge in [-0.15, -0.1) is 0 Å². The van der Waals surface area contributed by atoms with E-state index in [2.05, 4.69) is 28.2 Å². The van der Waals surface area contributed by atoms with Crippen molar-refractivity contribution in [3.8, 4) is 5.75 Å². The summed E-state index contributed by atoms with van der Waals surface area (Å²) in [5.74, 6) is -0.745. The fourth-order valence-corrected chi connectivity index (χ4v) is 6.83. The molecule has 4 unspecified atom stereocenters. The van der Waals surface area contributed by atoms with Gasteiger partial charge in [0.1, 0.15) is 30.0 Å². The SMILES string of the molecule is COc1ccc(C(=O)OC2C[C@H](n3ccc(N)nc3=O)O[C@@H]2COP(=O)(O)OP(=O)(O)OP(=O)(O)O)c(C(C)N=[N+]=[N-])c1. The molecule has 1 saturated heterocycles. The van der Waals surface area contributed by atoms with E-state index in [9.17, 15) is 33.1 Å². The fraction of sp³-hybridized carbons (Fsp3) is 0.421. The van der Waals surface area contributed by atoms with Crippen molar-refractivity contribution >= 4 is 35.3 Å². The number of phosphoric acid groups is 3. The lowest BCUT2D eigenvalue weighted by Crippen LogP contribution is -2.31. The Morgan fingerprint density at radius 3 is 2.53 bits per heavy atom. The molecule has 2 heterocycles. The van der Waals surface area contributed by atoms with Crippen molar-refractivity contribution in [2.45, 2.75) is 37.8 Å². The summed E-state index contributed by atoms with van der Waals surface area (Å²) in [7, 11) is -15.6. The van der Waals surface area contributed by atoms with Crippen LogP contribution in [0.3, 0.4) is 0 Å². The second kappa shape index (κ2) is 13.7. The van der Waals surface area contributed by atoms with Gasteiger partial charge < -0.3 is 39.5 Å². The third kappa shape index (κ3) is 9.67. The maximum Gasteiger partial charge on any atom is 0.490 e. The summed E-state index contributed by atoms with van der Waals surface area (Å²) < 4.78 is 64.2. The Balaban J connectivity index is 1.88. The van der Waals surface area contributed by atoms with Gasteiger partial charge in [-0.3, -0.25) is 9.09 Å². The minimum Gasteiger partial charge on any atom is -0.497 e. The number of carbonyl (C=O) groups excluding carboxylic acids is 1. The van der Waals surface area contributed by atoms with E-state index in [1.54, 1.807) is 0 Å². The van der Waals surface area contributed by atoms with Crippen LogP contribution in [0.4, 0.5) is 5.82 Å². The highest BCUT2D eigenvalue weighted by Crippen LogP contribution is 2.66. The van der Waals surface area contributed by atoms with Crippen LogP contribution in [0, 0.1) is 0 Å². The van der Waals surface area contributed by atoms with Crippen molar-refractivity contribution in [3.63, 3.8) is 0 Å². The summed E-state index contributed by atoms with van der Waals surface area (Å²) in [6.45, 7) is 0.520. The predicted molar refractivity (Wildman–Crippen MR) is 141 cm³/mol. The number of anilines is 1. The number of phosphoric ester groups is 1. The zero-order valence-corrected chi connectivity index (χ0v) is 24.7. The summed E-state index contributed by atoms with van der Waals surface area (Å²) in [6, 6.07) is 4.63. The van der Waals surface area contributed by atoms with Gasteiger partial charge in [0.05, 0.1) is 25.3 Å². The van der Waals surface area contributed by atoms with E-state index < -0.39 is 66.2 Å². The molecule has 1 aliphatic heterocycles. The van der Waals surface area contributed by atoms with Gasteiger partial charge in [0.25, 0.3) is 0 Å². The Kier molecular flexibility index (Phi) is 10.9. The normalized spacial score (nSPS) is 22.0. The molecule has 1 fully saturated rings. The number of hydrogen-bond donors (Lipinski definition) is 5. The van der Waals surface area contributed by atoms with Crippen molar-refractivity contribution in [1.29, 1.82) is 0 Å². The number of methoxy groups -OCH3 is 1. The fourth-order valence-electron chi connectivity index (χ4n) is 3.80. The molecule has 6 atom stereocenters. The third-order valence-electron chi connectivity index (χ3n) is 5.57. The summed E-state index contributed by atoms with van der Waals surface area (Å²) in [5, 5.41) is 3.58. The molecule has 21 nitrogen and oxygen atoms in total. The van der Waals surface area contributed by atoms with Crippen LogP contribution in [0.5, 0.6) is 5.75 Å². The standard InChI is InChI=1S/C19H25N6O15P3/c1-10(23-24-21)13-7-11(35-2)3-4-12(13)18(26)38-14-8-17(25-6-5-16(20)22-19(25)27)37-15(14)9-36-42(31,32)40-43(33,34)39-41(28,29)30/h3-7,10,14-15,17H,8-9H2,1-2H3,(H,31,32)(H,33,34)(H2,20,22,27)(H2,28,29,30)/t10?,14?,15-,17-/m1/s1. The van der Waals surface area contributed by atoms with Gasteiger partial charge >= 0.3 is 35.1 Å². The van der Waals surface area contributed by atoms with Crippen molar-refractivity contribution in [3.05, 3.63) is 62.5 Å². The first-order valence-corrected chi connectivity index (χ1v) is 16.2. The quantitative estimate of drug-likeness (QED) is 0.0669. The van der Waals surface area contributed by atoms with Crippen LogP contribution in [0.15, 0.2) is 40.4 Å². The zero-order valence-electron chi connectivity index (χ0n) is 22.0. The Bertz CT molecular complexity index is 1610. The van der Waals surface area contributed by atoms with E-state index in [0.29, 0.717) is 5.75 Å². The maximum absolute atomic E-state index is 13.3. The first-order chi connectivity index (χ1) is 19.9. The van der Waals surface area contributed by atoms with Crippen LogP contribution in [-0.2, 0) is 36.3 Å². The van der Waals surface area contributed by atoms with Gasteiger partial charge in [0.15, 0.2) is 0 Å². The van der Waals surface area contributed by atoms with Gasteiger partial charge in [0.2, 0.25) is 0 Å². The summed E-state index contributed by atoms with van der Waals surface area (Å²) in [4.78, 5) is 68.5. The van der Waals surface area contributed by atoms with E-state index >= 15 is 0 Å². The van der Waals surface area contributed by atoms with Crippen molar-refractivity contribution < 1.29 is 65.4 Å². The largest absolute Gasteiger partial charge is 0.497 e. The minimum absolute atomic E-state index is 0.0536. The number of benzene rings is 1. The molecule has 0 aliphatic carbocycles. The Labute approximate surface area is 241 Å². The topological polar surface area (TPSA) is 314 Å². The Morgan fingerprint density at radius 1 is 1.23 bits per heavy atom. The average molecular weight is 670 g/mol.